The first-order chi connectivity index (χ1) is 13.7. The maximum absolute atomic E-state index is 14.2. The lowest BCUT2D eigenvalue weighted by atomic mass is 9.91. The molecule has 7 nitrogen and oxygen atoms in total. The molecule has 1 saturated heterocycles. The van der Waals surface area contributed by atoms with E-state index in [-0.39, 0.29) is 5.56 Å². The number of rotatable bonds is 4. The molecule has 1 heterocycles. The molecule has 29 heavy (non-hydrogen) atoms. The van der Waals surface area contributed by atoms with Gasteiger partial charge in [0, 0.05) is 5.56 Å². The third-order valence-electron chi connectivity index (χ3n) is 5.59. The SMILES string of the molecule is CC1(c2cc(F)ccc2F)NC(=O)N(CC(=O)NC2(C#N)CCCCCC2)C1=O. The van der Waals surface area contributed by atoms with E-state index in [0.717, 1.165) is 43.9 Å². The summed E-state index contributed by atoms with van der Waals surface area (Å²) in [6, 6.07) is 3.89. The molecule has 154 valence electrons. The van der Waals surface area contributed by atoms with Crippen LogP contribution < -0.4 is 10.6 Å². The van der Waals surface area contributed by atoms with Gasteiger partial charge in [-0.05, 0) is 38.0 Å². The second-order valence-corrected chi connectivity index (χ2v) is 7.73. The molecule has 2 aliphatic rings. The lowest BCUT2D eigenvalue weighted by Gasteiger charge is -2.27. The molecule has 0 aromatic heterocycles. The van der Waals surface area contributed by atoms with Crippen molar-refractivity contribution in [3.05, 3.63) is 35.4 Å². The maximum Gasteiger partial charge on any atom is 0.325 e. The van der Waals surface area contributed by atoms with Crippen molar-refractivity contribution in [2.24, 2.45) is 0 Å². The molecular weight excluding hydrogens is 382 g/mol. The molecule has 0 spiro atoms. The van der Waals surface area contributed by atoms with Crippen molar-refractivity contribution < 1.29 is 23.2 Å². The summed E-state index contributed by atoms with van der Waals surface area (Å²) in [5.74, 6) is -3.13. The Balaban J connectivity index is 1.77. The van der Waals surface area contributed by atoms with Crippen LogP contribution in [0, 0.1) is 23.0 Å². The lowest BCUT2D eigenvalue weighted by molar-refractivity contribution is -0.135. The molecule has 1 unspecified atom stereocenters. The van der Waals surface area contributed by atoms with Crippen LogP contribution in [0.2, 0.25) is 0 Å². The van der Waals surface area contributed by atoms with Crippen molar-refractivity contribution in [1.29, 1.82) is 5.26 Å². The minimum atomic E-state index is -1.83. The Bertz CT molecular complexity index is 890. The minimum Gasteiger partial charge on any atom is -0.336 e. The van der Waals surface area contributed by atoms with E-state index >= 15 is 0 Å². The third kappa shape index (κ3) is 3.92. The quantitative estimate of drug-likeness (QED) is 0.594. The molecular formula is C20H22F2N4O3. The molecule has 1 saturated carbocycles. The van der Waals surface area contributed by atoms with Gasteiger partial charge in [-0.1, -0.05) is 25.7 Å². The second-order valence-electron chi connectivity index (χ2n) is 7.73. The van der Waals surface area contributed by atoms with Gasteiger partial charge in [0.1, 0.15) is 29.3 Å². The smallest absolute Gasteiger partial charge is 0.325 e. The summed E-state index contributed by atoms with van der Waals surface area (Å²) >= 11 is 0. The summed E-state index contributed by atoms with van der Waals surface area (Å²) < 4.78 is 27.8. The Morgan fingerprint density at radius 2 is 1.90 bits per heavy atom. The summed E-state index contributed by atoms with van der Waals surface area (Å²) in [7, 11) is 0. The van der Waals surface area contributed by atoms with Gasteiger partial charge >= 0.3 is 6.03 Å². The van der Waals surface area contributed by atoms with Crippen LogP contribution in [0.4, 0.5) is 13.6 Å². The largest absolute Gasteiger partial charge is 0.336 e. The number of carbonyl (C=O) groups excluding carboxylic acids is 3. The monoisotopic (exact) mass is 404 g/mol. The molecule has 9 heteroatoms. The number of nitrogens with zero attached hydrogens (tertiary/aromatic N) is 2. The number of imide groups is 1. The van der Waals surface area contributed by atoms with Crippen LogP contribution in [0.3, 0.4) is 0 Å². The number of benzene rings is 1. The van der Waals surface area contributed by atoms with Crippen LogP contribution in [0.5, 0.6) is 0 Å². The average molecular weight is 404 g/mol. The van der Waals surface area contributed by atoms with E-state index in [4.69, 9.17) is 0 Å². The number of amides is 4. The van der Waals surface area contributed by atoms with Crippen molar-refractivity contribution in [3.63, 3.8) is 0 Å². The topological polar surface area (TPSA) is 102 Å². The van der Waals surface area contributed by atoms with Gasteiger partial charge in [0.15, 0.2) is 0 Å². The molecule has 2 fully saturated rings. The van der Waals surface area contributed by atoms with Crippen molar-refractivity contribution in [1.82, 2.24) is 15.5 Å². The van der Waals surface area contributed by atoms with Crippen LogP contribution in [-0.2, 0) is 15.1 Å². The van der Waals surface area contributed by atoms with E-state index in [1.807, 2.05) is 0 Å². The molecule has 1 aromatic rings. The van der Waals surface area contributed by atoms with Crippen molar-refractivity contribution in [3.8, 4) is 6.07 Å². The summed E-state index contributed by atoms with van der Waals surface area (Å²) in [6.45, 7) is 0.645. The molecule has 4 amide bonds. The van der Waals surface area contributed by atoms with Gasteiger partial charge < -0.3 is 10.6 Å². The molecule has 1 aromatic carbocycles. The van der Waals surface area contributed by atoms with E-state index in [1.165, 1.54) is 6.92 Å². The van der Waals surface area contributed by atoms with Gasteiger partial charge in [-0.25, -0.2) is 13.6 Å². The van der Waals surface area contributed by atoms with Crippen LogP contribution >= 0.6 is 0 Å². The minimum absolute atomic E-state index is 0.323. The van der Waals surface area contributed by atoms with Gasteiger partial charge in [0.25, 0.3) is 5.91 Å². The number of hydrogen-bond acceptors (Lipinski definition) is 4. The van der Waals surface area contributed by atoms with E-state index in [2.05, 4.69) is 16.7 Å². The molecule has 1 aliphatic heterocycles. The van der Waals surface area contributed by atoms with Gasteiger partial charge in [-0.15, -0.1) is 0 Å². The Morgan fingerprint density at radius 1 is 1.24 bits per heavy atom. The summed E-state index contributed by atoms with van der Waals surface area (Å²) in [4.78, 5) is 38.4. The van der Waals surface area contributed by atoms with Crippen molar-refractivity contribution in [2.45, 2.75) is 56.5 Å². The standard InChI is InChI=1S/C20H22F2N4O3/c1-19(14-10-13(21)6-7-15(14)22)17(28)26(18(29)25-19)11-16(27)24-20(12-23)8-4-2-3-5-9-20/h6-7,10H,2-5,8-9,11H2,1H3,(H,24,27)(H,25,29). The number of halogens is 2. The summed E-state index contributed by atoms with van der Waals surface area (Å²) in [6.07, 6.45) is 4.55. The van der Waals surface area contributed by atoms with Gasteiger partial charge in [0.05, 0.1) is 6.07 Å². The first-order valence-electron chi connectivity index (χ1n) is 9.53. The maximum atomic E-state index is 14.2. The predicted octanol–water partition coefficient (Wildman–Crippen LogP) is 2.46. The first kappa shape index (κ1) is 20.7. The Labute approximate surface area is 167 Å². The average Bonchev–Trinajstić information content (AvgIpc) is 2.85. The number of urea groups is 1. The van der Waals surface area contributed by atoms with E-state index < -0.39 is 47.1 Å². The highest BCUT2D eigenvalue weighted by Gasteiger charge is 2.51. The Morgan fingerprint density at radius 3 is 2.52 bits per heavy atom. The van der Waals surface area contributed by atoms with Crippen LogP contribution in [0.1, 0.15) is 51.0 Å². The van der Waals surface area contributed by atoms with E-state index in [0.29, 0.717) is 17.7 Å². The second kappa shape index (κ2) is 7.78. The number of nitriles is 1. The van der Waals surface area contributed by atoms with Gasteiger partial charge in [-0.2, -0.15) is 5.26 Å². The number of hydrogen-bond donors (Lipinski definition) is 2. The Kier molecular flexibility index (Phi) is 5.55. The van der Waals surface area contributed by atoms with Gasteiger partial charge in [0.2, 0.25) is 5.91 Å². The molecule has 0 radical (unpaired) electrons. The highest BCUT2D eigenvalue weighted by molar-refractivity contribution is 6.09. The fraction of sp³-hybridized carbons (Fsp3) is 0.500. The van der Waals surface area contributed by atoms with Gasteiger partial charge in [-0.3, -0.25) is 14.5 Å². The Hall–Kier alpha value is -3.02. The lowest BCUT2D eigenvalue weighted by Crippen LogP contribution is -2.51. The third-order valence-corrected chi connectivity index (χ3v) is 5.59. The van der Waals surface area contributed by atoms with Crippen LogP contribution in [-0.4, -0.2) is 34.8 Å². The summed E-state index contributed by atoms with van der Waals surface area (Å²) in [5, 5.41) is 14.6. The van der Waals surface area contributed by atoms with E-state index in [9.17, 15) is 28.4 Å². The molecule has 2 N–H and O–H groups in total. The van der Waals surface area contributed by atoms with Crippen molar-refractivity contribution >= 4 is 17.8 Å². The molecule has 1 aliphatic carbocycles. The first-order valence-corrected chi connectivity index (χ1v) is 9.53. The van der Waals surface area contributed by atoms with E-state index in [1.54, 1.807) is 0 Å². The zero-order chi connectivity index (χ0) is 21.2. The van der Waals surface area contributed by atoms with Crippen molar-refractivity contribution in [2.75, 3.05) is 6.54 Å². The number of nitrogens with one attached hydrogen (secondary N) is 2. The zero-order valence-electron chi connectivity index (χ0n) is 16.1. The normalized spacial score (nSPS) is 23.9. The molecule has 3 rings (SSSR count). The highest BCUT2D eigenvalue weighted by atomic mass is 19.1. The predicted molar refractivity (Wildman–Crippen MR) is 98.1 cm³/mol. The zero-order valence-corrected chi connectivity index (χ0v) is 16.1. The highest BCUT2D eigenvalue weighted by Crippen LogP contribution is 2.31. The molecule has 0 bridgehead atoms. The fourth-order valence-corrected chi connectivity index (χ4v) is 3.95. The van der Waals surface area contributed by atoms with Crippen LogP contribution in [0.25, 0.3) is 0 Å². The fourth-order valence-electron chi connectivity index (χ4n) is 3.95. The number of carbonyl (C=O) groups is 3. The summed E-state index contributed by atoms with van der Waals surface area (Å²) in [5.41, 5.74) is -3.18. The molecule has 1 atom stereocenters. The van der Waals surface area contributed by atoms with Crippen LogP contribution in [0.15, 0.2) is 18.2 Å².